The first kappa shape index (κ1) is 12.6. The number of hydrogen-bond acceptors (Lipinski definition) is 4. The lowest BCUT2D eigenvalue weighted by Crippen LogP contribution is -2.49. The molecule has 0 aromatic carbocycles. The minimum atomic E-state index is -0.274. The van der Waals surface area contributed by atoms with E-state index in [1.54, 1.807) is 0 Å². The van der Waals surface area contributed by atoms with Crippen molar-refractivity contribution in [3.8, 4) is 0 Å². The van der Waals surface area contributed by atoms with Gasteiger partial charge in [-0.15, -0.1) is 11.3 Å². The van der Waals surface area contributed by atoms with Crippen LogP contribution in [0.3, 0.4) is 0 Å². The number of hydrogen-bond donors (Lipinski definition) is 1. The van der Waals surface area contributed by atoms with Crippen LogP contribution in [0.5, 0.6) is 0 Å². The molecule has 3 nitrogen and oxygen atoms in total. The van der Waals surface area contributed by atoms with Crippen LogP contribution in [-0.4, -0.2) is 17.2 Å². The average molecular weight is 266 g/mol. The first-order chi connectivity index (χ1) is 8.49. The van der Waals surface area contributed by atoms with Gasteiger partial charge in [0.15, 0.2) is 0 Å². The maximum absolute atomic E-state index is 6.64. The van der Waals surface area contributed by atoms with Gasteiger partial charge < -0.3 is 10.5 Å². The van der Waals surface area contributed by atoms with Crippen molar-refractivity contribution < 1.29 is 4.74 Å². The van der Waals surface area contributed by atoms with Gasteiger partial charge in [0.1, 0.15) is 5.01 Å². The van der Waals surface area contributed by atoms with Crippen LogP contribution in [0.1, 0.15) is 55.1 Å². The second-order valence-electron chi connectivity index (χ2n) is 6.29. The van der Waals surface area contributed by atoms with Gasteiger partial charge in [0.2, 0.25) is 0 Å². The van der Waals surface area contributed by atoms with Crippen molar-refractivity contribution in [2.75, 3.05) is 6.61 Å². The summed E-state index contributed by atoms with van der Waals surface area (Å²) in [6.45, 7) is 5.00. The molecule has 0 amide bonds. The predicted molar refractivity (Wildman–Crippen MR) is 73.9 cm³/mol. The molecule has 0 spiro atoms. The van der Waals surface area contributed by atoms with Gasteiger partial charge in [-0.1, -0.05) is 0 Å². The Morgan fingerprint density at radius 3 is 2.78 bits per heavy atom. The molecule has 0 bridgehead atoms. The normalized spacial score (nSPS) is 31.1. The van der Waals surface area contributed by atoms with Crippen LogP contribution in [-0.2, 0) is 23.1 Å². The molecular weight excluding hydrogens is 244 g/mol. The van der Waals surface area contributed by atoms with E-state index in [9.17, 15) is 0 Å². The summed E-state index contributed by atoms with van der Waals surface area (Å²) in [5.74, 6) is 0. The van der Waals surface area contributed by atoms with E-state index >= 15 is 0 Å². The highest BCUT2D eigenvalue weighted by atomic mass is 32.1. The van der Waals surface area contributed by atoms with Crippen molar-refractivity contribution in [3.05, 3.63) is 15.6 Å². The van der Waals surface area contributed by atoms with E-state index < -0.39 is 0 Å². The van der Waals surface area contributed by atoms with E-state index in [4.69, 9.17) is 15.5 Å². The molecule has 2 aliphatic rings. The zero-order valence-corrected chi connectivity index (χ0v) is 12.1. The largest absolute Gasteiger partial charge is 0.375 e. The minimum Gasteiger partial charge on any atom is -0.375 e. The van der Waals surface area contributed by atoms with E-state index in [2.05, 4.69) is 13.8 Å². The van der Waals surface area contributed by atoms with Gasteiger partial charge in [-0.2, -0.15) is 0 Å². The zero-order valence-electron chi connectivity index (χ0n) is 11.3. The zero-order chi connectivity index (χ0) is 12.8. The molecule has 2 heterocycles. The Hall–Kier alpha value is -0.450. The molecular formula is C14H22N2OS. The Morgan fingerprint density at radius 1 is 1.28 bits per heavy atom. The molecule has 2 N–H and O–H groups in total. The van der Waals surface area contributed by atoms with Crippen molar-refractivity contribution in [2.45, 2.75) is 63.5 Å². The van der Waals surface area contributed by atoms with E-state index in [1.165, 1.54) is 29.8 Å². The molecule has 1 aliphatic heterocycles. The predicted octanol–water partition coefficient (Wildman–Crippen LogP) is 2.76. The van der Waals surface area contributed by atoms with Gasteiger partial charge in [-0.25, -0.2) is 4.98 Å². The third kappa shape index (κ3) is 2.22. The second kappa shape index (κ2) is 4.29. The molecule has 1 aliphatic carbocycles. The maximum atomic E-state index is 6.64. The van der Waals surface area contributed by atoms with Crippen LogP contribution in [0, 0.1) is 0 Å². The average Bonchev–Trinajstić information content (AvgIpc) is 2.71. The lowest BCUT2D eigenvalue weighted by Gasteiger charge is -2.41. The van der Waals surface area contributed by atoms with Gasteiger partial charge in [-0.05, 0) is 46.0 Å². The smallest absolute Gasteiger partial charge is 0.113 e. The first-order valence-corrected chi connectivity index (χ1v) is 7.72. The van der Waals surface area contributed by atoms with Crippen LogP contribution in [0.15, 0.2) is 0 Å². The van der Waals surface area contributed by atoms with Crippen LogP contribution in [0.25, 0.3) is 0 Å². The minimum absolute atomic E-state index is 0.126. The molecule has 18 heavy (non-hydrogen) atoms. The van der Waals surface area contributed by atoms with Crippen LogP contribution >= 0.6 is 11.3 Å². The third-order valence-corrected chi connectivity index (χ3v) is 5.43. The van der Waals surface area contributed by atoms with Crippen LogP contribution in [0.4, 0.5) is 0 Å². The summed E-state index contributed by atoms with van der Waals surface area (Å²) < 4.78 is 5.78. The Labute approximate surface area is 113 Å². The highest BCUT2D eigenvalue weighted by Crippen LogP contribution is 2.40. The van der Waals surface area contributed by atoms with E-state index in [0.717, 1.165) is 30.9 Å². The number of ether oxygens (including phenoxy) is 1. The molecule has 1 aromatic heterocycles. The summed E-state index contributed by atoms with van der Waals surface area (Å²) in [7, 11) is 0. The van der Waals surface area contributed by atoms with Gasteiger partial charge >= 0.3 is 0 Å². The van der Waals surface area contributed by atoms with E-state index in [0.29, 0.717) is 0 Å². The topological polar surface area (TPSA) is 48.1 Å². The van der Waals surface area contributed by atoms with Crippen molar-refractivity contribution in [2.24, 2.45) is 5.73 Å². The number of thiazole rings is 1. The first-order valence-electron chi connectivity index (χ1n) is 6.90. The molecule has 4 heteroatoms. The Kier molecular flexibility index (Phi) is 3.00. The fourth-order valence-corrected chi connectivity index (χ4v) is 4.43. The van der Waals surface area contributed by atoms with Gasteiger partial charge in [0.05, 0.1) is 16.8 Å². The lowest BCUT2D eigenvalue weighted by atomic mass is 9.82. The Morgan fingerprint density at radius 2 is 2.06 bits per heavy atom. The number of rotatable bonds is 1. The lowest BCUT2D eigenvalue weighted by molar-refractivity contribution is -0.0813. The molecule has 1 unspecified atom stereocenters. The number of fused-ring (bicyclic) bond motifs is 1. The molecule has 100 valence electrons. The summed E-state index contributed by atoms with van der Waals surface area (Å²) in [6, 6.07) is 0. The molecule has 1 fully saturated rings. The quantitative estimate of drug-likeness (QED) is 0.850. The van der Waals surface area contributed by atoms with Gasteiger partial charge in [-0.3, -0.25) is 0 Å². The summed E-state index contributed by atoms with van der Waals surface area (Å²) >= 11 is 1.85. The fourth-order valence-electron chi connectivity index (χ4n) is 3.16. The molecule has 0 radical (unpaired) electrons. The van der Waals surface area contributed by atoms with Crippen LogP contribution < -0.4 is 5.73 Å². The fraction of sp³-hybridized carbons (Fsp3) is 0.786. The van der Waals surface area contributed by atoms with Crippen LogP contribution in [0.2, 0.25) is 0 Å². The standard InChI is InChI=1S/C14H22N2OS/c1-13(2)9-14(15,7-8-17-13)12-16-10-5-3-4-6-11(10)18-12/h3-9,15H2,1-2H3. The maximum Gasteiger partial charge on any atom is 0.113 e. The monoisotopic (exact) mass is 266 g/mol. The Bertz CT molecular complexity index is 431. The van der Waals surface area contributed by atoms with Gasteiger partial charge in [0.25, 0.3) is 0 Å². The molecule has 1 saturated heterocycles. The van der Waals surface area contributed by atoms with E-state index in [-0.39, 0.29) is 11.1 Å². The summed E-state index contributed by atoms with van der Waals surface area (Å²) in [6.07, 6.45) is 6.68. The highest BCUT2D eigenvalue weighted by molar-refractivity contribution is 7.11. The highest BCUT2D eigenvalue weighted by Gasteiger charge is 2.41. The van der Waals surface area contributed by atoms with E-state index in [1.807, 2.05) is 11.3 Å². The Balaban J connectivity index is 1.91. The molecule has 3 rings (SSSR count). The van der Waals surface area contributed by atoms with Crippen molar-refractivity contribution >= 4 is 11.3 Å². The number of aryl methyl sites for hydroxylation is 2. The second-order valence-corrected chi connectivity index (χ2v) is 7.37. The van der Waals surface area contributed by atoms with Crippen molar-refractivity contribution in [1.82, 2.24) is 4.98 Å². The summed E-state index contributed by atoms with van der Waals surface area (Å²) in [5, 5.41) is 1.14. The number of aromatic nitrogens is 1. The SMILES string of the molecule is CC1(C)CC(N)(c2nc3c(s2)CCCC3)CCO1. The molecule has 1 atom stereocenters. The van der Waals surface area contributed by atoms with Crippen molar-refractivity contribution in [1.29, 1.82) is 0 Å². The number of nitrogens with two attached hydrogens (primary N) is 1. The molecule has 0 saturated carbocycles. The van der Waals surface area contributed by atoms with Gasteiger partial charge in [0, 0.05) is 17.9 Å². The summed E-state index contributed by atoms with van der Waals surface area (Å²) in [4.78, 5) is 6.33. The molecule has 1 aromatic rings. The third-order valence-electron chi connectivity index (χ3n) is 4.05. The summed E-state index contributed by atoms with van der Waals surface area (Å²) in [5.41, 5.74) is 7.55. The number of nitrogens with zero attached hydrogens (tertiary/aromatic N) is 1. The van der Waals surface area contributed by atoms with Crippen molar-refractivity contribution in [3.63, 3.8) is 0 Å².